The van der Waals surface area contributed by atoms with Crippen LogP contribution in [0.3, 0.4) is 0 Å². The topological polar surface area (TPSA) is 130 Å². The largest absolute Gasteiger partial charge is 0.457 e. The zero-order valence-electron chi connectivity index (χ0n) is 24.0. The van der Waals surface area contributed by atoms with Gasteiger partial charge in [-0.15, -0.1) is 0 Å². The first-order chi connectivity index (χ1) is 18.5. The third-order valence-electron chi connectivity index (χ3n) is 10.1. The molecule has 0 amide bonds. The summed E-state index contributed by atoms with van der Waals surface area (Å²) in [6, 6.07) is 0. The van der Waals surface area contributed by atoms with Crippen LogP contribution in [0.4, 0.5) is 4.39 Å². The van der Waals surface area contributed by atoms with E-state index in [9.17, 15) is 27.6 Å². The number of allylic oxidation sites excluding steroid dienone is 4. The van der Waals surface area contributed by atoms with Gasteiger partial charge in [-0.1, -0.05) is 39.3 Å². The number of ketones is 2. The van der Waals surface area contributed by atoms with Crippen LogP contribution in [0.15, 0.2) is 23.8 Å². The molecule has 0 aromatic heterocycles. The molecule has 222 valence electrons. The summed E-state index contributed by atoms with van der Waals surface area (Å²) in [6.07, 6.45) is 4.30. The van der Waals surface area contributed by atoms with Crippen LogP contribution in [0.2, 0.25) is 0 Å². The first-order valence-electron chi connectivity index (χ1n) is 13.9. The van der Waals surface area contributed by atoms with Crippen LogP contribution in [0.25, 0.3) is 0 Å². The number of ether oxygens (including phenoxy) is 2. The fourth-order valence-electron chi connectivity index (χ4n) is 8.28. The lowest BCUT2D eigenvalue weighted by atomic mass is 9.44. The van der Waals surface area contributed by atoms with E-state index in [2.05, 4.69) is 0 Å². The summed E-state index contributed by atoms with van der Waals surface area (Å²) in [5.74, 6) is -4.00. The Morgan fingerprint density at radius 2 is 1.75 bits per heavy atom. The minimum Gasteiger partial charge on any atom is -0.457 e. The Balaban J connectivity index is 1.90. The van der Waals surface area contributed by atoms with Crippen molar-refractivity contribution in [1.82, 2.24) is 0 Å². The van der Waals surface area contributed by atoms with E-state index in [1.165, 1.54) is 18.2 Å². The maximum absolute atomic E-state index is 18.0. The first-order valence-corrected chi connectivity index (χ1v) is 15.7. The van der Waals surface area contributed by atoms with Crippen LogP contribution >= 0.6 is 0 Å². The van der Waals surface area contributed by atoms with Crippen molar-refractivity contribution >= 4 is 33.6 Å². The van der Waals surface area contributed by atoms with E-state index < -0.39 is 80.4 Å². The predicted octanol–water partition coefficient (Wildman–Crippen LogP) is 3.80. The van der Waals surface area contributed by atoms with Crippen LogP contribution in [-0.4, -0.2) is 62.2 Å². The SMILES string of the molecule is CCC(=O)OCC(=O)[C@@]1(OC(=O)CC)[C@@H](C)C[C@H]2[C@@H]3CCC4=CC(=O)C=C[C@]4(C)C3(F)[C@@H](OS(C)(=O)=O)C[C@@]21C. The summed E-state index contributed by atoms with van der Waals surface area (Å²) < 4.78 is 59.8. The minimum atomic E-state index is -4.18. The highest BCUT2D eigenvalue weighted by molar-refractivity contribution is 7.86. The lowest BCUT2D eigenvalue weighted by molar-refractivity contribution is -0.223. The molecule has 8 atom stereocenters. The Labute approximate surface area is 235 Å². The highest BCUT2D eigenvalue weighted by Gasteiger charge is 2.78. The monoisotopic (exact) mass is 582 g/mol. The van der Waals surface area contributed by atoms with Gasteiger partial charge in [0.2, 0.25) is 5.78 Å². The normalized spacial score (nSPS) is 40.4. The molecule has 4 aliphatic rings. The summed E-state index contributed by atoms with van der Waals surface area (Å²) in [5, 5.41) is 0. The lowest BCUT2D eigenvalue weighted by Crippen LogP contribution is -2.70. The second kappa shape index (κ2) is 10.2. The van der Waals surface area contributed by atoms with Gasteiger partial charge in [-0.3, -0.25) is 23.4 Å². The molecule has 0 radical (unpaired) electrons. The average Bonchev–Trinajstić information content (AvgIpc) is 3.09. The van der Waals surface area contributed by atoms with Crippen molar-refractivity contribution in [2.45, 2.75) is 90.5 Å². The van der Waals surface area contributed by atoms with Gasteiger partial charge in [0, 0.05) is 35.5 Å². The van der Waals surface area contributed by atoms with Gasteiger partial charge in [0.1, 0.15) is 6.10 Å². The molecular weight excluding hydrogens is 543 g/mol. The molecule has 0 saturated heterocycles. The first kappa shape index (κ1) is 30.6. The van der Waals surface area contributed by atoms with Crippen LogP contribution in [0.5, 0.6) is 0 Å². The molecule has 0 bridgehead atoms. The number of esters is 2. The number of carbonyl (C=O) groups is 4. The zero-order chi connectivity index (χ0) is 29.9. The Morgan fingerprint density at radius 1 is 1.10 bits per heavy atom. The van der Waals surface area contributed by atoms with E-state index in [0.717, 1.165) is 6.26 Å². The van der Waals surface area contributed by atoms with Gasteiger partial charge in [0.25, 0.3) is 10.1 Å². The zero-order valence-corrected chi connectivity index (χ0v) is 24.8. The Hall–Kier alpha value is -2.40. The van der Waals surface area contributed by atoms with Gasteiger partial charge in [-0.2, -0.15) is 8.42 Å². The number of Topliss-reactive ketones (excluding diaryl/α,β-unsaturated/α-hetero) is 1. The standard InChI is InChI=1S/C29H39FO9S/c1-7-24(33)37-16-22(32)29(38-25(34)8-2)17(3)13-21-20-10-9-18-14-19(31)11-12-26(18,4)28(20,30)23(15-27(21,29)5)39-40(6,35)36/h11-12,14,17,20-21,23H,7-10,13,15-16H2,1-6H3/t17-,20-,21-,23-,26-,27-,28?,29-/m0/s1. The predicted molar refractivity (Wildman–Crippen MR) is 142 cm³/mol. The van der Waals surface area contributed by atoms with E-state index in [0.29, 0.717) is 18.4 Å². The summed E-state index contributed by atoms with van der Waals surface area (Å²) in [5.41, 5.74) is -6.04. The number of rotatable bonds is 8. The van der Waals surface area contributed by atoms with Gasteiger partial charge >= 0.3 is 11.9 Å². The second-order valence-electron chi connectivity index (χ2n) is 12.2. The number of fused-ring (bicyclic) bond motifs is 5. The number of alkyl halides is 1. The van der Waals surface area contributed by atoms with E-state index in [-0.39, 0.29) is 31.5 Å². The quantitative estimate of drug-likeness (QED) is 0.310. The van der Waals surface area contributed by atoms with Crippen LogP contribution < -0.4 is 0 Å². The maximum atomic E-state index is 18.0. The Bertz CT molecular complexity index is 1290. The van der Waals surface area contributed by atoms with E-state index in [1.54, 1.807) is 34.6 Å². The summed E-state index contributed by atoms with van der Waals surface area (Å²) in [7, 11) is -4.18. The molecule has 11 heteroatoms. The molecular formula is C29H39FO9S. The number of carbonyl (C=O) groups excluding carboxylic acids is 4. The molecule has 0 spiro atoms. The summed E-state index contributed by atoms with van der Waals surface area (Å²) >= 11 is 0. The maximum Gasteiger partial charge on any atom is 0.306 e. The molecule has 0 heterocycles. The third kappa shape index (κ3) is 4.38. The molecule has 9 nitrogen and oxygen atoms in total. The molecule has 3 saturated carbocycles. The van der Waals surface area contributed by atoms with Crippen LogP contribution in [0, 0.1) is 28.6 Å². The highest BCUT2D eigenvalue weighted by atomic mass is 32.2. The number of hydrogen-bond acceptors (Lipinski definition) is 9. The lowest BCUT2D eigenvalue weighted by Gasteiger charge is -2.63. The molecule has 40 heavy (non-hydrogen) atoms. The minimum absolute atomic E-state index is 0.0258. The van der Waals surface area contributed by atoms with Crippen molar-refractivity contribution in [2.24, 2.45) is 28.6 Å². The average molecular weight is 583 g/mol. The molecule has 0 aromatic carbocycles. The number of hydrogen-bond donors (Lipinski definition) is 0. The third-order valence-corrected chi connectivity index (χ3v) is 10.7. The van der Waals surface area contributed by atoms with Gasteiger partial charge in [0.05, 0.1) is 6.26 Å². The van der Waals surface area contributed by atoms with E-state index >= 15 is 4.39 Å². The van der Waals surface area contributed by atoms with Crippen molar-refractivity contribution in [2.75, 3.05) is 12.9 Å². The summed E-state index contributed by atoms with van der Waals surface area (Å²) in [6.45, 7) is 7.70. The van der Waals surface area contributed by atoms with Gasteiger partial charge in [-0.05, 0) is 50.7 Å². The Kier molecular flexibility index (Phi) is 7.75. The van der Waals surface area contributed by atoms with Crippen LogP contribution in [-0.2, 0) is 43.0 Å². The fourth-order valence-corrected chi connectivity index (χ4v) is 8.91. The highest BCUT2D eigenvalue weighted by Crippen LogP contribution is 2.72. The molecule has 4 aliphatic carbocycles. The van der Waals surface area contributed by atoms with E-state index in [4.69, 9.17) is 13.7 Å². The van der Waals surface area contributed by atoms with Gasteiger partial charge in [-0.25, -0.2) is 4.39 Å². The molecule has 3 fully saturated rings. The van der Waals surface area contributed by atoms with E-state index in [1.807, 2.05) is 0 Å². The smallest absolute Gasteiger partial charge is 0.306 e. The molecule has 0 aliphatic heterocycles. The Morgan fingerprint density at radius 3 is 2.35 bits per heavy atom. The van der Waals surface area contributed by atoms with Crippen molar-refractivity contribution in [3.8, 4) is 0 Å². The number of halogens is 1. The second-order valence-corrected chi connectivity index (χ2v) is 13.8. The van der Waals surface area contributed by atoms with Crippen molar-refractivity contribution < 1.29 is 45.6 Å². The fraction of sp³-hybridized carbons (Fsp3) is 0.724. The van der Waals surface area contributed by atoms with Gasteiger partial charge in [0.15, 0.2) is 23.7 Å². The summed E-state index contributed by atoms with van der Waals surface area (Å²) in [4.78, 5) is 51.0. The van der Waals surface area contributed by atoms with Crippen molar-refractivity contribution in [3.63, 3.8) is 0 Å². The molecule has 0 aromatic rings. The molecule has 1 unspecified atom stereocenters. The van der Waals surface area contributed by atoms with Gasteiger partial charge < -0.3 is 9.47 Å². The van der Waals surface area contributed by atoms with Crippen molar-refractivity contribution in [3.05, 3.63) is 23.8 Å². The van der Waals surface area contributed by atoms with Crippen molar-refractivity contribution in [1.29, 1.82) is 0 Å². The molecule has 4 rings (SSSR count). The van der Waals surface area contributed by atoms with Crippen LogP contribution in [0.1, 0.15) is 73.1 Å². The molecule has 0 N–H and O–H groups in total.